The molecule has 1 N–H and O–H groups in total. The molecule has 0 atom stereocenters. The minimum atomic E-state index is 0.102. The Morgan fingerprint density at radius 2 is 2.17 bits per heavy atom. The summed E-state index contributed by atoms with van der Waals surface area (Å²) >= 11 is 0. The van der Waals surface area contributed by atoms with E-state index >= 15 is 0 Å². The Bertz CT molecular complexity index is 533. The summed E-state index contributed by atoms with van der Waals surface area (Å²) in [5, 5.41) is 3.99. The van der Waals surface area contributed by atoms with E-state index in [-0.39, 0.29) is 5.91 Å². The number of para-hydroxylation sites is 1. The van der Waals surface area contributed by atoms with Crippen molar-refractivity contribution < 1.29 is 9.21 Å². The van der Waals surface area contributed by atoms with Gasteiger partial charge in [0.05, 0.1) is 12.8 Å². The van der Waals surface area contributed by atoms with Crippen LogP contribution >= 0.6 is 0 Å². The van der Waals surface area contributed by atoms with Crippen LogP contribution in [-0.4, -0.2) is 38.0 Å². The summed E-state index contributed by atoms with van der Waals surface area (Å²) in [6.45, 7) is 1.08. The second-order valence-corrected chi connectivity index (χ2v) is 4.35. The van der Waals surface area contributed by atoms with Gasteiger partial charge in [-0.15, -0.1) is 0 Å². The van der Waals surface area contributed by atoms with Crippen molar-refractivity contribution in [3.8, 4) is 0 Å². The number of likely N-dealkylation sites (N-methyl/N-ethyl adjacent to an activating group) is 2. The van der Waals surface area contributed by atoms with Crippen LogP contribution in [0.3, 0.4) is 0 Å². The number of rotatable bonds is 5. The van der Waals surface area contributed by atoms with Crippen LogP contribution in [0, 0.1) is 0 Å². The lowest BCUT2D eigenvalue weighted by Crippen LogP contribution is -2.35. The number of carbonyl (C=O) groups excluding carboxylic acids is 1. The molecule has 0 aliphatic heterocycles. The highest BCUT2D eigenvalue weighted by Crippen LogP contribution is 2.21. The molecule has 96 valence electrons. The third-order valence-corrected chi connectivity index (χ3v) is 3.03. The van der Waals surface area contributed by atoms with E-state index in [0.717, 1.165) is 23.0 Å². The number of nitrogens with zero attached hydrogens (tertiary/aromatic N) is 1. The maximum Gasteiger partial charge on any atom is 0.236 e. The second-order valence-electron chi connectivity index (χ2n) is 4.35. The molecular formula is C14H18N2O2. The van der Waals surface area contributed by atoms with Crippen molar-refractivity contribution in [3.63, 3.8) is 0 Å². The zero-order chi connectivity index (χ0) is 13.0. The largest absolute Gasteiger partial charge is 0.464 e. The van der Waals surface area contributed by atoms with Crippen LogP contribution in [-0.2, 0) is 11.2 Å². The van der Waals surface area contributed by atoms with E-state index in [4.69, 9.17) is 4.42 Å². The third-order valence-electron chi connectivity index (χ3n) is 3.03. The summed E-state index contributed by atoms with van der Waals surface area (Å²) < 4.78 is 5.47. The molecule has 4 nitrogen and oxygen atoms in total. The molecule has 0 aliphatic carbocycles. The molecule has 0 unspecified atom stereocenters. The van der Waals surface area contributed by atoms with Gasteiger partial charge in [0.15, 0.2) is 0 Å². The highest BCUT2D eigenvalue weighted by molar-refractivity contribution is 5.81. The van der Waals surface area contributed by atoms with E-state index in [1.54, 1.807) is 18.2 Å². The SMILES string of the molecule is CNCC(=O)N(C)CCc1coc2ccccc12. The quantitative estimate of drug-likeness (QED) is 0.872. The molecule has 2 rings (SSSR count). The van der Waals surface area contributed by atoms with Gasteiger partial charge in [0.1, 0.15) is 5.58 Å². The molecule has 4 heteroatoms. The number of nitrogens with one attached hydrogen (secondary N) is 1. The van der Waals surface area contributed by atoms with Gasteiger partial charge in [-0.1, -0.05) is 18.2 Å². The van der Waals surface area contributed by atoms with Gasteiger partial charge < -0.3 is 14.6 Å². The summed E-state index contributed by atoms with van der Waals surface area (Å²) in [5.41, 5.74) is 2.05. The molecule has 1 aromatic carbocycles. The Kier molecular flexibility index (Phi) is 3.99. The molecule has 1 heterocycles. The lowest BCUT2D eigenvalue weighted by Gasteiger charge is -2.16. The summed E-state index contributed by atoms with van der Waals surface area (Å²) in [4.78, 5) is 13.3. The summed E-state index contributed by atoms with van der Waals surface area (Å²) in [6.07, 6.45) is 2.59. The van der Waals surface area contributed by atoms with E-state index in [0.29, 0.717) is 13.1 Å². The van der Waals surface area contributed by atoms with E-state index in [2.05, 4.69) is 5.32 Å². The minimum absolute atomic E-state index is 0.102. The van der Waals surface area contributed by atoms with Crippen LogP contribution in [0.5, 0.6) is 0 Å². The first-order chi connectivity index (χ1) is 8.72. The van der Waals surface area contributed by atoms with Gasteiger partial charge in [-0.25, -0.2) is 0 Å². The molecule has 0 saturated carbocycles. The average Bonchev–Trinajstić information content (AvgIpc) is 2.79. The molecular weight excluding hydrogens is 228 g/mol. The predicted octanol–water partition coefficient (Wildman–Crippen LogP) is 1.65. The van der Waals surface area contributed by atoms with Crippen molar-refractivity contribution in [3.05, 3.63) is 36.1 Å². The highest BCUT2D eigenvalue weighted by Gasteiger charge is 2.09. The van der Waals surface area contributed by atoms with Crippen molar-refractivity contribution in [1.29, 1.82) is 0 Å². The van der Waals surface area contributed by atoms with Crippen molar-refractivity contribution in [2.45, 2.75) is 6.42 Å². The molecule has 18 heavy (non-hydrogen) atoms. The van der Waals surface area contributed by atoms with Gasteiger partial charge in [-0.3, -0.25) is 4.79 Å². The van der Waals surface area contributed by atoms with Crippen LogP contribution in [0.25, 0.3) is 11.0 Å². The summed E-state index contributed by atoms with van der Waals surface area (Å²) in [5.74, 6) is 0.102. The van der Waals surface area contributed by atoms with Crippen LogP contribution in [0.1, 0.15) is 5.56 Å². The van der Waals surface area contributed by atoms with E-state index in [1.165, 1.54) is 0 Å². The Morgan fingerprint density at radius 3 is 2.94 bits per heavy atom. The van der Waals surface area contributed by atoms with Gasteiger partial charge in [-0.2, -0.15) is 0 Å². The van der Waals surface area contributed by atoms with Crippen molar-refractivity contribution in [2.24, 2.45) is 0 Å². The predicted molar refractivity (Wildman–Crippen MR) is 71.5 cm³/mol. The smallest absolute Gasteiger partial charge is 0.236 e. The number of benzene rings is 1. The topological polar surface area (TPSA) is 45.5 Å². The molecule has 0 radical (unpaired) electrons. The first kappa shape index (κ1) is 12.6. The second kappa shape index (κ2) is 5.69. The Morgan fingerprint density at radius 1 is 1.39 bits per heavy atom. The average molecular weight is 246 g/mol. The molecule has 0 aliphatic rings. The molecule has 0 fully saturated rings. The van der Waals surface area contributed by atoms with Crippen molar-refractivity contribution in [2.75, 3.05) is 27.2 Å². The maximum absolute atomic E-state index is 11.6. The summed E-state index contributed by atoms with van der Waals surface area (Å²) in [7, 11) is 3.59. The molecule has 0 spiro atoms. The standard InChI is InChI=1S/C14H18N2O2/c1-15-9-14(17)16(2)8-7-11-10-18-13-6-4-3-5-12(11)13/h3-6,10,15H,7-9H2,1-2H3. The molecule has 2 aromatic rings. The van der Waals surface area contributed by atoms with E-state index in [1.807, 2.05) is 31.3 Å². The van der Waals surface area contributed by atoms with Crippen LogP contribution < -0.4 is 5.32 Å². The van der Waals surface area contributed by atoms with Gasteiger partial charge in [0.25, 0.3) is 0 Å². The van der Waals surface area contributed by atoms with Crippen LogP contribution in [0.2, 0.25) is 0 Å². The Balaban J connectivity index is 2.00. The van der Waals surface area contributed by atoms with Crippen molar-refractivity contribution >= 4 is 16.9 Å². The van der Waals surface area contributed by atoms with Gasteiger partial charge in [0.2, 0.25) is 5.91 Å². The molecule has 1 amide bonds. The maximum atomic E-state index is 11.6. The lowest BCUT2D eigenvalue weighted by atomic mass is 10.1. The van der Waals surface area contributed by atoms with Crippen LogP contribution in [0.15, 0.2) is 34.9 Å². The summed E-state index contributed by atoms with van der Waals surface area (Å²) in [6, 6.07) is 7.95. The fourth-order valence-electron chi connectivity index (χ4n) is 1.93. The number of carbonyl (C=O) groups is 1. The third kappa shape index (κ3) is 2.71. The number of fused-ring (bicyclic) bond motifs is 1. The Labute approximate surface area is 107 Å². The minimum Gasteiger partial charge on any atom is -0.464 e. The normalized spacial score (nSPS) is 10.8. The van der Waals surface area contributed by atoms with Crippen LogP contribution in [0.4, 0.5) is 0 Å². The zero-order valence-electron chi connectivity index (χ0n) is 10.8. The molecule has 0 bridgehead atoms. The first-order valence-corrected chi connectivity index (χ1v) is 6.06. The fourth-order valence-corrected chi connectivity index (χ4v) is 1.93. The van der Waals surface area contributed by atoms with Gasteiger partial charge in [-0.05, 0) is 25.1 Å². The molecule has 1 aromatic heterocycles. The van der Waals surface area contributed by atoms with Crippen molar-refractivity contribution in [1.82, 2.24) is 10.2 Å². The highest BCUT2D eigenvalue weighted by atomic mass is 16.3. The van der Waals surface area contributed by atoms with E-state index < -0.39 is 0 Å². The van der Waals surface area contributed by atoms with E-state index in [9.17, 15) is 4.79 Å². The first-order valence-electron chi connectivity index (χ1n) is 6.06. The zero-order valence-corrected chi connectivity index (χ0v) is 10.8. The van der Waals surface area contributed by atoms with Gasteiger partial charge in [0, 0.05) is 19.0 Å². The number of amides is 1. The number of hydrogen-bond donors (Lipinski definition) is 1. The number of hydrogen-bond acceptors (Lipinski definition) is 3. The molecule has 0 saturated heterocycles. The monoisotopic (exact) mass is 246 g/mol. The Hall–Kier alpha value is -1.81. The number of furan rings is 1. The lowest BCUT2D eigenvalue weighted by molar-refractivity contribution is -0.128. The van der Waals surface area contributed by atoms with Gasteiger partial charge >= 0.3 is 0 Å². The fraction of sp³-hybridized carbons (Fsp3) is 0.357.